The van der Waals surface area contributed by atoms with Gasteiger partial charge in [0.2, 0.25) is 0 Å². The largest absolute Gasteiger partial charge is 0.491 e. The minimum absolute atomic E-state index is 0.175. The van der Waals surface area contributed by atoms with Crippen LogP contribution in [0.15, 0.2) is 22.7 Å². The highest BCUT2D eigenvalue weighted by Crippen LogP contribution is 2.24. The fourth-order valence-corrected chi connectivity index (χ4v) is 1.92. The van der Waals surface area contributed by atoms with E-state index in [1.807, 2.05) is 12.1 Å². The Balaban J connectivity index is 2.72. The van der Waals surface area contributed by atoms with Crippen LogP contribution in [-0.2, 0) is 11.2 Å². The van der Waals surface area contributed by atoms with Crippen LogP contribution in [0, 0.1) is 0 Å². The third-order valence-corrected chi connectivity index (χ3v) is 3.07. The summed E-state index contributed by atoms with van der Waals surface area (Å²) in [6, 6.07) is 6.19. The van der Waals surface area contributed by atoms with Crippen molar-refractivity contribution in [1.29, 1.82) is 0 Å². The number of methoxy groups -OCH3 is 1. The van der Waals surface area contributed by atoms with Gasteiger partial charge in [-0.05, 0) is 36.6 Å². The maximum atomic E-state index is 5.98. The van der Waals surface area contributed by atoms with Crippen molar-refractivity contribution in [3.63, 3.8) is 0 Å². The SMILES string of the molecule is CCC(N)Cc1cc(Br)ccc1OCCOC. The quantitative estimate of drug-likeness (QED) is 0.788. The van der Waals surface area contributed by atoms with Crippen LogP contribution in [0.4, 0.5) is 0 Å². The van der Waals surface area contributed by atoms with Gasteiger partial charge < -0.3 is 15.2 Å². The summed E-state index contributed by atoms with van der Waals surface area (Å²) in [6.07, 6.45) is 1.79. The Bertz CT molecular complexity index is 344. The number of hydrogen-bond acceptors (Lipinski definition) is 3. The van der Waals surface area contributed by atoms with Crippen LogP contribution in [0.1, 0.15) is 18.9 Å². The molecule has 2 N–H and O–H groups in total. The van der Waals surface area contributed by atoms with Crippen LogP contribution >= 0.6 is 15.9 Å². The third kappa shape index (κ3) is 5.06. The smallest absolute Gasteiger partial charge is 0.122 e. The van der Waals surface area contributed by atoms with Crippen LogP contribution in [0.5, 0.6) is 5.75 Å². The molecule has 17 heavy (non-hydrogen) atoms. The van der Waals surface area contributed by atoms with Gasteiger partial charge in [0, 0.05) is 17.6 Å². The molecule has 0 bridgehead atoms. The zero-order valence-corrected chi connectivity index (χ0v) is 12.0. The van der Waals surface area contributed by atoms with Gasteiger partial charge in [0.25, 0.3) is 0 Å². The molecule has 0 aliphatic heterocycles. The molecular weight excluding hydrogens is 282 g/mol. The van der Waals surface area contributed by atoms with Crippen LogP contribution in [0.25, 0.3) is 0 Å². The number of benzene rings is 1. The number of rotatable bonds is 7. The monoisotopic (exact) mass is 301 g/mol. The first kappa shape index (κ1) is 14.5. The summed E-state index contributed by atoms with van der Waals surface area (Å²) in [5, 5.41) is 0. The summed E-state index contributed by atoms with van der Waals surface area (Å²) in [5.74, 6) is 0.897. The normalized spacial score (nSPS) is 12.5. The van der Waals surface area contributed by atoms with Crippen LogP contribution in [0.2, 0.25) is 0 Å². The van der Waals surface area contributed by atoms with Crippen molar-refractivity contribution in [3.8, 4) is 5.75 Å². The number of ether oxygens (including phenoxy) is 2. The molecule has 0 aliphatic rings. The Labute approximate surface area is 111 Å². The van der Waals surface area contributed by atoms with Gasteiger partial charge in [-0.1, -0.05) is 22.9 Å². The zero-order valence-electron chi connectivity index (χ0n) is 10.4. The lowest BCUT2D eigenvalue weighted by molar-refractivity contribution is 0.145. The lowest BCUT2D eigenvalue weighted by Gasteiger charge is -2.14. The van der Waals surface area contributed by atoms with Crippen LogP contribution in [0.3, 0.4) is 0 Å². The van der Waals surface area contributed by atoms with E-state index in [4.69, 9.17) is 15.2 Å². The minimum Gasteiger partial charge on any atom is -0.491 e. The van der Waals surface area contributed by atoms with Gasteiger partial charge >= 0.3 is 0 Å². The summed E-state index contributed by atoms with van der Waals surface area (Å²) in [6.45, 7) is 3.25. The Morgan fingerprint density at radius 3 is 2.76 bits per heavy atom. The van der Waals surface area contributed by atoms with Crippen LogP contribution in [-0.4, -0.2) is 26.4 Å². The fourth-order valence-electron chi connectivity index (χ4n) is 1.51. The summed E-state index contributed by atoms with van der Waals surface area (Å²) < 4.78 is 11.7. The second-order valence-corrected chi connectivity index (χ2v) is 4.88. The van der Waals surface area contributed by atoms with Gasteiger partial charge in [-0.3, -0.25) is 0 Å². The molecule has 1 aromatic carbocycles. The molecular formula is C13H20BrNO2. The highest BCUT2D eigenvalue weighted by molar-refractivity contribution is 9.10. The second kappa shape index (κ2) is 7.69. The van der Waals surface area contributed by atoms with Crippen molar-refractivity contribution in [3.05, 3.63) is 28.2 Å². The molecule has 1 aromatic rings. The van der Waals surface area contributed by atoms with Crippen molar-refractivity contribution in [2.45, 2.75) is 25.8 Å². The van der Waals surface area contributed by atoms with Gasteiger partial charge in [-0.2, -0.15) is 0 Å². The molecule has 4 heteroatoms. The maximum Gasteiger partial charge on any atom is 0.122 e. The second-order valence-electron chi connectivity index (χ2n) is 3.97. The van der Waals surface area contributed by atoms with E-state index in [9.17, 15) is 0 Å². The lowest BCUT2D eigenvalue weighted by atomic mass is 10.0. The highest BCUT2D eigenvalue weighted by Gasteiger charge is 2.08. The zero-order chi connectivity index (χ0) is 12.7. The molecule has 0 amide bonds. The van der Waals surface area contributed by atoms with E-state index in [2.05, 4.69) is 28.9 Å². The summed E-state index contributed by atoms with van der Waals surface area (Å²) in [5.41, 5.74) is 7.13. The van der Waals surface area contributed by atoms with Gasteiger partial charge in [0.1, 0.15) is 12.4 Å². The molecule has 1 unspecified atom stereocenters. The summed E-state index contributed by atoms with van der Waals surface area (Å²) in [4.78, 5) is 0. The molecule has 1 atom stereocenters. The molecule has 0 aliphatic carbocycles. The van der Waals surface area contributed by atoms with E-state index in [0.717, 1.165) is 28.6 Å². The molecule has 0 aromatic heterocycles. The first-order valence-corrected chi connectivity index (χ1v) is 6.62. The Hall–Kier alpha value is -0.580. The van der Waals surface area contributed by atoms with Crippen molar-refractivity contribution < 1.29 is 9.47 Å². The van der Waals surface area contributed by atoms with Gasteiger partial charge in [-0.25, -0.2) is 0 Å². The number of nitrogens with two attached hydrogens (primary N) is 1. The standard InChI is InChI=1S/C13H20BrNO2/c1-3-12(15)9-10-8-11(14)4-5-13(10)17-7-6-16-2/h4-5,8,12H,3,6-7,9,15H2,1-2H3. The Morgan fingerprint density at radius 1 is 1.35 bits per heavy atom. The van der Waals surface area contributed by atoms with Gasteiger partial charge in [-0.15, -0.1) is 0 Å². The minimum atomic E-state index is 0.175. The first-order valence-electron chi connectivity index (χ1n) is 5.83. The summed E-state index contributed by atoms with van der Waals surface area (Å²) in [7, 11) is 1.67. The highest BCUT2D eigenvalue weighted by atomic mass is 79.9. The lowest BCUT2D eigenvalue weighted by Crippen LogP contribution is -2.22. The van der Waals surface area contributed by atoms with Gasteiger partial charge in [0.05, 0.1) is 6.61 Å². The average Bonchev–Trinajstić information content (AvgIpc) is 2.32. The molecule has 0 saturated heterocycles. The van der Waals surface area contributed by atoms with Crippen molar-refractivity contribution in [1.82, 2.24) is 0 Å². The van der Waals surface area contributed by atoms with E-state index in [0.29, 0.717) is 13.2 Å². The Morgan fingerprint density at radius 2 is 2.12 bits per heavy atom. The average molecular weight is 302 g/mol. The maximum absolute atomic E-state index is 5.98. The molecule has 0 radical (unpaired) electrons. The van der Waals surface area contributed by atoms with E-state index in [1.54, 1.807) is 7.11 Å². The molecule has 0 heterocycles. The van der Waals surface area contributed by atoms with E-state index >= 15 is 0 Å². The van der Waals surface area contributed by atoms with E-state index < -0.39 is 0 Å². The first-order chi connectivity index (χ1) is 8.17. The molecule has 0 fully saturated rings. The molecule has 0 spiro atoms. The number of hydrogen-bond donors (Lipinski definition) is 1. The van der Waals surface area contributed by atoms with E-state index in [1.165, 1.54) is 0 Å². The van der Waals surface area contributed by atoms with Crippen molar-refractivity contribution >= 4 is 15.9 Å². The molecule has 3 nitrogen and oxygen atoms in total. The van der Waals surface area contributed by atoms with Gasteiger partial charge in [0.15, 0.2) is 0 Å². The Kier molecular flexibility index (Phi) is 6.55. The van der Waals surface area contributed by atoms with Crippen molar-refractivity contribution in [2.75, 3.05) is 20.3 Å². The number of halogens is 1. The molecule has 0 saturated carbocycles. The molecule has 96 valence electrons. The predicted octanol–water partition coefficient (Wildman–Crippen LogP) is 2.75. The summed E-state index contributed by atoms with van der Waals surface area (Å²) >= 11 is 3.47. The topological polar surface area (TPSA) is 44.5 Å². The predicted molar refractivity (Wildman–Crippen MR) is 73.5 cm³/mol. The van der Waals surface area contributed by atoms with Crippen molar-refractivity contribution in [2.24, 2.45) is 5.73 Å². The van der Waals surface area contributed by atoms with Crippen LogP contribution < -0.4 is 10.5 Å². The third-order valence-electron chi connectivity index (χ3n) is 2.57. The molecule has 1 rings (SSSR count). The van der Waals surface area contributed by atoms with E-state index in [-0.39, 0.29) is 6.04 Å². The fraction of sp³-hybridized carbons (Fsp3) is 0.538.